The van der Waals surface area contributed by atoms with E-state index < -0.39 is 0 Å². The summed E-state index contributed by atoms with van der Waals surface area (Å²) in [5.41, 5.74) is 0. The van der Waals surface area contributed by atoms with Gasteiger partial charge < -0.3 is 0 Å². The van der Waals surface area contributed by atoms with Gasteiger partial charge in [0.15, 0.2) is 0 Å². The summed E-state index contributed by atoms with van der Waals surface area (Å²) in [7, 11) is 2.28. The molecule has 0 N–H and O–H groups in total. The predicted octanol–water partition coefficient (Wildman–Crippen LogP) is 0.740. The zero-order valence-corrected chi connectivity index (χ0v) is 7.23. The average molecular weight is 238 g/mol. The Kier molecular flexibility index (Phi) is 81.4. The molecule has 0 aliphatic heterocycles. The normalized spacial score (nSPS) is 1.00. The minimum Gasteiger partial charge on any atom is -0.261 e. The fraction of sp³-hybridized carbons (Fsp3) is 0. The molecule has 0 fully saturated rings. The van der Waals surface area contributed by atoms with Gasteiger partial charge >= 0.3 is 0 Å². The molecule has 0 spiro atoms. The summed E-state index contributed by atoms with van der Waals surface area (Å²) in [6.07, 6.45) is 0. The average Bonchev–Trinajstić information content (AvgIpc) is 1.00. The zero-order valence-electron chi connectivity index (χ0n) is 1.80. The summed E-state index contributed by atoms with van der Waals surface area (Å²) in [5.74, 6) is 0. The van der Waals surface area contributed by atoms with Gasteiger partial charge in [-0.25, -0.2) is 0 Å². The molecular formula is CeOPV. The van der Waals surface area contributed by atoms with E-state index in [0.717, 1.165) is 0 Å². The summed E-state index contributed by atoms with van der Waals surface area (Å²) >= 11 is 0. The van der Waals surface area contributed by atoms with Gasteiger partial charge in [0.05, 0.1) is 0 Å². The largest absolute Gasteiger partial charge is 0.261 e. The minimum atomic E-state index is 0. The topological polar surface area (TPSA) is 17.1 Å². The van der Waals surface area contributed by atoms with E-state index in [4.69, 9.17) is 4.57 Å². The van der Waals surface area contributed by atoms with Crippen molar-refractivity contribution in [1.82, 2.24) is 0 Å². The van der Waals surface area contributed by atoms with Crippen LogP contribution >= 0.6 is 9.12 Å². The van der Waals surface area contributed by atoms with Crippen LogP contribution in [0.5, 0.6) is 0 Å². The van der Waals surface area contributed by atoms with Crippen LogP contribution in [0.15, 0.2) is 0 Å². The van der Waals surface area contributed by atoms with E-state index in [-0.39, 0.29) is 60.3 Å². The second-order valence-electron chi connectivity index (χ2n) is 0. The third-order valence-electron chi connectivity index (χ3n) is 0. The molecule has 0 atom stereocenters. The molecule has 0 amide bonds. The molecule has 0 saturated heterocycles. The van der Waals surface area contributed by atoms with E-state index in [1.165, 1.54) is 0 Å². The first-order chi connectivity index (χ1) is 1.00. The van der Waals surface area contributed by atoms with E-state index >= 15 is 0 Å². The summed E-state index contributed by atoms with van der Waals surface area (Å²) in [6.45, 7) is 0. The molecule has 0 aliphatic rings. The Balaban J connectivity index is -0.00000000500. The fourth-order valence-electron chi connectivity index (χ4n) is 0. The summed E-state index contributed by atoms with van der Waals surface area (Å²) < 4.78 is 7.94. The standard InChI is InChI=1S/Ce.OP.V/c;1-2;. The number of hydrogen-bond acceptors (Lipinski definition) is 1. The molecule has 0 saturated carbocycles. The SMILES string of the molecule is O=[P].[Ce].[V]. The van der Waals surface area contributed by atoms with Crippen molar-refractivity contribution in [3.8, 4) is 0 Å². The van der Waals surface area contributed by atoms with Crippen molar-refractivity contribution in [2.24, 2.45) is 0 Å². The van der Waals surface area contributed by atoms with Gasteiger partial charge in [-0.05, 0) is 0 Å². The Bertz CT molecular complexity index is 8.00. The Hall–Kier alpha value is 2.06. The Morgan fingerprint density at radius 2 is 1.25 bits per heavy atom. The van der Waals surface area contributed by atoms with Crippen LogP contribution in [0.25, 0.3) is 0 Å². The second-order valence-corrected chi connectivity index (χ2v) is 0. The zero-order chi connectivity index (χ0) is 2.00. The molecule has 1 nitrogen and oxygen atoms in total. The second kappa shape index (κ2) is 19.6. The van der Waals surface area contributed by atoms with Crippen LogP contribution in [0.3, 0.4) is 0 Å². The molecule has 20 valence electrons. The van der Waals surface area contributed by atoms with Crippen LogP contribution in [-0.2, 0) is 23.1 Å². The summed E-state index contributed by atoms with van der Waals surface area (Å²) in [4.78, 5) is 0. The molecule has 2 radical (unpaired) electrons. The van der Waals surface area contributed by atoms with Gasteiger partial charge in [-0.2, -0.15) is 0 Å². The third-order valence-corrected chi connectivity index (χ3v) is 0. The van der Waals surface area contributed by atoms with Crippen LogP contribution in [0.2, 0.25) is 0 Å². The van der Waals surface area contributed by atoms with Crippen LogP contribution in [0.4, 0.5) is 0 Å². The van der Waals surface area contributed by atoms with Crippen molar-refractivity contribution in [2.45, 2.75) is 0 Å². The maximum atomic E-state index is 7.94. The first kappa shape index (κ1) is 16.6. The molecule has 4 heavy (non-hydrogen) atoms. The van der Waals surface area contributed by atoms with E-state index in [1.54, 1.807) is 0 Å². The Morgan fingerprint density at radius 3 is 1.25 bits per heavy atom. The molecule has 0 aliphatic carbocycles. The van der Waals surface area contributed by atoms with E-state index in [2.05, 4.69) is 9.12 Å². The quantitative estimate of drug-likeness (QED) is 0.569. The number of hydrogen-bond donors (Lipinski definition) is 0. The third kappa shape index (κ3) is 8.96. The van der Waals surface area contributed by atoms with Crippen molar-refractivity contribution < 1.29 is 64.9 Å². The first-order valence-electron chi connectivity index (χ1n) is 0.183. The van der Waals surface area contributed by atoms with Gasteiger partial charge in [-0.3, -0.25) is 4.57 Å². The van der Waals surface area contributed by atoms with Gasteiger partial charge in [0.2, 0.25) is 0 Å². The van der Waals surface area contributed by atoms with Crippen molar-refractivity contribution in [3.05, 3.63) is 0 Å². The number of rotatable bonds is 0. The van der Waals surface area contributed by atoms with E-state index in [1.807, 2.05) is 0 Å². The molecule has 0 rings (SSSR count). The van der Waals surface area contributed by atoms with Crippen LogP contribution in [0, 0.1) is 41.7 Å². The molecule has 4 heteroatoms. The maximum absolute atomic E-state index is 7.94. The van der Waals surface area contributed by atoms with E-state index in [0.29, 0.717) is 0 Å². The molecular weight excluding hydrogens is 238 g/mol. The van der Waals surface area contributed by atoms with Crippen molar-refractivity contribution >= 4 is 9.12 Å². The molecule has 0 unspecified atom stereocenters. The first-order valence-corrected chi connectivity index (χ1v) is 0.548. The molecule has 0 aromatic rings. The van der Waals surface area contributed by atoms with Gasteiger partial charge in [0.25, 0.3) is 9.12 Å². The van der Waals surface area contributed by atoms with Gasteiger partial charge in [0.1, 0.15) is 0 Å². The molecule has 0 heterocycles. The van der Waals surface area contributed by atoms with Crippen molar-refractivity contribution in [2.75, 3.05) is 0 Å². The van der Waals surface area contributed by atoms with Gasteiger partial charge in [0, 0.05) is 60.3 Å². The van der Waals surface area contributed by atoms with Gasteiger partial charge in [-0.15, -0.1) is 0 Å². The predicted molar refractivity (Wildman–Crippen MR) is 7.61 cm³/mol. The summed E-state index contributed by atoms with van der Waals surface area (Å²) in [5, 5.41) is 0. The van der Waals surface area contributed by atoms with Crippen LogP contribution < -0.4 is 0 Å². The summed E-state index contributed by atoms with van der Waals surface area (Å²) in [6, 6.07) is 0. The maximum Gasteiger partial charge on any atom is 0.261 e. The van der Waals surface area contributed by atoms with E-state index in [9.17, 15) is 0 Å². The molecule has 0 aromatic carbocycles. The fourth-order valence-corrected chi connectivity index (χ4v) is 0. The van der Waals surface area contributed by atoms with Crippen LogP contribution in [-0.4, -0.2) is 0 Å². The van der Waals surface area contributed by atoms with Crippen molar-refractivity contribution in [3.63, 3.8) is 0 Å². The van der Waals surface area contributed by atoms with Crippen molar-refractivity contribution in [1.29, 1.82) is 0 Å². The minimum absolute atomic E-state index is 0. The monoisotopic (exact) mass is 238 g/mol. The Morgan fingerprint density at radius 1 is 1.25 bits per heavy atom. The molecule has 0 aromatic heterocycles. The molecule has 0 bridgehead atoms. The van der Waals surface area contributed by atoms with Crippen LogP contribution in [0.1, 0.15) is 0 Å². The smallest absolute Gasteiger partial charge is 0.261 e. The van der Waals surface area contributed by atoms with Gasteiger partial charge in [-0.1, -0.05) is 0 Å². The Labute approximate surface area is 72.8 Å².